The molecule has 3 N–H and O–H groups in total. The summed E-state index contributed by atoms with van der Waals surface area (Å²) in [5.74, 6) is -1.45. The van der Waals surface area contributed by atoms with Crippen LogP contribution in [-0.2, 0) is 0 Å². The number of aromatic hydroxyl groups is 1. The third-order valence-corrected chi connectivity index (χ3v) is 2.76. The van der Waals surface area contributed by atoms with Crippen molar-refractivity contribution in [3.05, 3.63) is 55.1 Å². The highest BCUT2D eigenvalue weighted by Gasteiger charge is 2.09. The molecule has 0 fully saturated rings. The van der Waals surface area contributed by atoms with E-state index in [1.54, 1.807) is 12.1 Å². The van der Waals surface area contributed by atoms with Gasteiger partial charge >= 0.3 is 5.69 Å². The van der Waals surface area contributed by atoms with E-state index in [2.05, 4.69) is 26.2 Å². The normalized spacial score (nSPS) is 10.8. The van der Waals surface area contributed by atoms with Crippen LogP contribution >= 0.6 is 15.9 Å². The summed E-state index contributed by atoms with van der Waals surface area (Å²) in [6, 6.07) is 6.32. The molecule has 20 heavy (non-hydrogen) atoms. The van der Waals surface area contributed by atoms with Gasteiger partial charge in [-0.3, -0.25) is 19.6 Å². The molecule has 0 bridgehead atoms. The molecule has 0 spiro atoms. The fourth-order valence-corrected chi connectivity index (χ4v) is 1.57. The van der Waals surface area contributed by atoms with Crippen molar-refractivity contribution in [2.45, 2.75) is 0 Å². The van der Waals surface area contributed by atoms with Crippen LogP contribution in [-0.4, -0.2) is 21.0 Å². The Morgan fingerprint density at radius 3 is 2.40 bits per heavy atom. The molecule has 0 saturated carbocycles. The first-order valence-electron chi connectivity index (χ1n) is 5.24. The van der Waals surface area contributed by atoms with E-state index in [0.717, 1.165) is 4.47 Å². The van der Waals surface area contributed by atoms with E-state index in [4.69, 9.17) is 0 Å². The van der Waals surface area contributed by atoms with Gasteiger partial charge in [-0.05, 0) is 24.3 Å². The Hall–Kier alpha value is -2.55. The molecule has 1 aromatic heterocycles. The monoisotopic (exact) mass is 338 g/mol. The predicted octanol–water partition coefficient (Wildman–Crippen LogP) is 1.46. The lowest BCUT2D eigenvalue weighted by Crippen LogP contribution is -2.21. The van der Waals surface area contributed by atoms with Crippen LogP contribution in [0.15, 0.2) is 48.6 Å². The molecular weight excluding hydrogens is 332 g/mol. The van der Waals surface area contributed by atoms with E-state index >= 15 is 0 Å². The van der Waals surface area contributed by atoms with E-state index in [0.29, 0.717) is 0 Å². The van der Waals surface area contributed by atoms with Crippen molar-refractivity contribution in [2.75, 3.05) is 0 Å². The summed E-state index contributed by atoms with van der Waals surface area (Å²) in [7, 11) is 0. The SMILES string of the molecule is O=C(N=Nc1c(O)[nH]c(=O)[nH]c1=O)c1ccc(Br)cc1. The van der Waals surface area contributed by atoms with Crippen LogP contribution in [0.3, 0.4) is 0 Å². The van der Waals surface area contributed by atoms with E-state index in [1.165, 1.54) is 12.1 Å². The van der Waals surface area contributed by atoms with Crippen molar-refractivity contribution in [1.82, 2.24) is 9.97 Å². The van der Waals surface area contributed by atoms with Gasteiger partial charge in [0.2, 0.25) is 11.6 Å². The summed E-state index contributed by atoms with van der Waals surface area (Å²) < 4.78 is 0.792. The van der Waals surface area contributed by atoms with E-state index in [1.807, 2.05) is 9.97 Å². The summed E-state index contributed by atoms with van der Waals surface area (Å²) in [6.45, 7) is 0. The van der Waals surface area contributed by atoms with Crippen molar-refractivity contribution < 1.29 is 9.90 Å². The molecule has 9 heteroatoms. The molecule has 0 radical (unpaired) electrons. The first-order valence-corrected chi connectivity index (χ1v) is 6.04. The number of azo groups is 1. The van der Waals surface area contributed by atoms with Gasteiger partial charge in [0.1, 0.15) is 0 Å². The van der Waals surface area contributed by atoms with Crippen LogP contribution in [0.4, 0.5) is 5.69 Å². The topological polar surface area (TPSA) is 128 Å². The standard InChI is InChI=1S/C11H7BrN4O4/c12-6-3-1-5(2-4-6)8(17)16-15-7-9(18)13-11(20)14-10(7)19/h1-4H,(H3,13,14,18,19,20). The van der Waals surface area contributed by atoms with Crippen LogP contribution in [0.25, 0.3) is 0 Å². The summed E-state index contributed by atoms with van der Waals surface area (Å²) in [6.07, 6.45) is 0. The van der Waals surface area contributed by atoms with Gasteiger partial charge in [-0.2, -0.15) is 0 Å². The zero-order chi connectivity index (χ0) is 14.7. The van der Waals surface area contributed by atoms with Crippen molar-refractivity contribution >= 4 is 27.5 Å². The molecule has 2 aromatic rings. The van der Waals surface area contributed by atoms with E-state index in [-0.39, 0.29) is 5.56 Å². The van der Waals surface area contributed by atoms with Gasteiger partial charge < -0.3 is 5.11 Å². The largest absolute Gasteiger partial charge is 0.493 e. The Morgan fingerprint density at radius 2 is 1.80 bits per heavy atom. The summed E-state index contributed by atoms with van der Waals surface area (Å²) in [4.78, 5) is 37.6. The number of carbonyl (C=O) groups excluding carboxylic acids is 1. The lowest BCUT2D eigenvalue weighted by molar-refractivity contribution is 0.0995. The van der Waals surface area contributed by atoms with Gasteiger partial charge in [-0.1, -0.05) is 15.9 Å². The molecule has 0 aliphatic rings. The summed E-state index contributed by atoms with van der Waals surface area (Å²) in [5, 5.41) is 16.0. The second kappa shape index (κ2) is 5.61. The number of halogens is 1. The number of benzene rings is 1. The molecule has 2 rings (SSSR count). The fourth-order valence-electron chi connectivity index (χ4n) is 1.31. The Kier molecular flexibility index (Phi) is 3.89. The van der Waals surface area contributed by atoms with Crippen LogP contribution in [0, 0.1) is 0 Å². The van der Waals surface area contributed by atoms with Gasteiger partial charge in [0.15, 0.2) is 0 Å². The van der Waals surface area contributed by atoms with E-state index < -0.39 is 28.7 Å². The van der Waals surface area contributed by atoms with Gasteiger partial charge in [-0.25, -0.2) is 4.79 Å². The van der Waals surface area contributed by atoms with Crippen LogP contribution in [0.1, 0.15) is 10.4 Å². The highest BCUT2D eigenvalue weighted by molar-refractivity contribution is 9.10. The van der Waals surface area contributed by atoms with Crippen LogP contribution in [0.5, 0.6) is 5.88 Å². The average Bonchev–Trinajstić information content (AvgIpc) is 2.38. The van der Waals surface area contributed by atoms with Gasteiger partial charge in [0, 0.05) is 10.0 Å². The Labute approximate surface area is 119 Å². The maximum Gasteiger partial charge on any atom is 0.328 e. The minimum atomic E-state index is -0.946. The zero-order valence-electron chi connectivity index (χ0n) is 9.75. The minimum absolute atomic E-state index is 0.261. The number of nitrogens with one attached hydrogen (secondary N) is 2. The lowest BCUT2D eigenvalue weighted by Gasteiger charge is -1.96. The number of H-pyrrole nitrogens is 2. The third kappa shape index (κ3) is 3.06. The molecule has 102 valence electrons. The maximum atomic E-state index is 11.7. The molecule has 0 atom stereocenters. The average molecular weight is 339 g/mol. The third-order valence-electron chi connectivity index (χ3n) is 2.23. The molecule has 1 amide bonds. The zero-order valence-corrected chi connectivity index (χ0v) is 11.3. The number of nitrogens with zero attached hydrogens (tertiary/aromatic N) is 2. The van der Waals surface area contributed by atoms with Crippen molar-refractivity contribution in [1.29, 1.82) is 0 Å². The number of aromatic amines is 2. The van der Waals surface area contributed by atoms with Crippen LogP contribution < -0.4 is 11.2 Å². The maximum absolute atomic E-state index is 11.7. The predicted molar refractivity (Wildman–Crippen MR) is 72.3 cm³/mol. The highest BCUT2D eigenvalue weighted by Crippen LogP contribution is 2.17. The Bertz CT molecular complexity index is 791. The molecule has 0 aliphatic heterocycles. The second-order valence-electron chi connectivity index (χ2n) is 3.62. The van der Waals surface area contributed by atoms with Crippen molar-refractivity contribution in [3.63, 3.8) is 0 Å². The second-order valence-corrected chi connectivity index (χ2v) is 4.53. The lowest BCUT2D eigenvalue weighted by atomic mass is 10.2. The minimum Gasteiger partial charge on any atom is -0.493 e. The summed E-state index contributed by atoms with van der Waals surface area (Å²) >= 11 is 3.22. The molecular formula is C11H7BrN4O4. The first-order chi connectivity index (χ1) is 9.47. The fraction of sp³-hybridized carbons (Fsp3) is 0. The first kappa shape index (κ1) is 13.9. The number of hydrogen-bond donors (Lipinski definition) is 3. The van der Waals surface area contributed by atoms with Crippen molar-refractivity contribution in [2.24, 2.45) is 10.2 Å². The molecule has 1 heterocycles. The number of carbonyl (C=O) groups is 1. The Morgan fingerprint density at radius 1 is 1.15 bits per heavy atom. The van der Waals surface area contributed by atoms with Gasteiger partial charge in [-0.15, -0.1) is 10.2 Å². The summed E-state index contributed by atoms with van der Waals surface area (Å²) in [5.41, 5.74) is -2.11. The van der Waals surface area contributed by atoms with Crippen LogP contribution in [0.2, 0.25) is 0 Å². The molecule has 8 nitrogen and oxygen atoms in total. The highest BCUT2D eigenvalue weighted by atomic mass is 79.9. The number of amides is 1. The van der Waals surface area contributed by atoms with Gasteiger partial charge in [0.05, 0.1) is 0 Å². The molecule has 1 aromatic carbocycles. The molecule has 0 aliphatic carbocycles. The van der Waals surface area contributed by atoms with Crippen molar-refractivity contribution in [3.8, 4) is 5.88 Å². The molecule has 0 unspecified atom stereocenters. The van der Waals surface area contributed by atoms with Gasteiger partial charge in [0.25, 0.3) is 11.5 Å². The Balaban J connectivity index is 2.30. The number of aromatic nitrogens is 2. The number of rotatable bonds is 2. The number of hydrogen-bond acceptors (Lipinski definition) is 5. The molecule has 0 saturated heterocycles. The van der Waals surface area contributed by atoms with E-state index in [9.17, 15) is 19.5 Å². The smallest absolute Gasteiger partial charge is 0.328 e. The quantitative estimate of drug-likeness (QED) is 0.716.